The summed E-state index contributed by atoms with van der Waals surface area (Å²) in [6, 6.07) is 13.7. The number of nitrogens with zero attached hydrogens (tertiary/aromatic N) is 1. The molecule has 168 valence electrons. The number of ether oxygens (including phenoxy) is 2. The molecule has 2 aromatic carbocycles. The fourth-order valence-electron chi connectivity index (χ4n) is 2.82. The van der Waals surface area contributed by atoms with Crippen molar-refractivity contribution in [1.29, 1.82) is 0 Å². The molecule has 3 rings (SSSR count). The van der Waals surface area contributed by atoms with Crippen molar-refractivity contribution in [2.45, 2.75) is 26.4 Å². The molecule has 1 aliphatic rings. The van der Waals surface area contributed by atoms with Gasteiger partial charge in [0.2, 0.25) is 0 Å². The van der Waals surface area contributed by atoms with Gasteiger partial charge in [-0.3, -0.25) is 19.3 Å². The van der Waals surface area contributed by atoms with Gasteiger partial charge in [0, 0.05) is 0 Å². The summed E-state index contributed by atoms with van der Waals surface area (Å²) in [6.07, 6.45) is 3.31. The molecule has 0 bridgehead atoms. The molecule has 2 aromatic rings. The van der Waals surface area contributed by atoms with Gasteiger partial charge < -0.3 is 9.47 Å². The van der Waals surface area contributed by atoms with Crippen molar-refractivity contribution in [3.05, 3.63) is 65.6 Å². The van der Waals surface area contributed by atoms with Crippen LogP contribution in [0.2, 0.25) is 0 Å². The average Bonchev–Trinajstić information content (AvgIpc) is 3.01. The van der Waals surface area contributed by atoms with E-state index >= 15 is 0 Å². The third-order valence-corrected chi connectivity index (χ3v) is 6.98. The molecular formula is C23H21I2NO5S. The van der Waals surface area contributed by atoms with Crippen LogP contribution in [0.15, 0.2) is 47.4 Å². The van der Waals surface area contributed by atoms with Gasteiger partial charge in [-0.2, -0.15) is 0 Å². The maximum Gasteiger partial charge on any atom is 0.326 e. The zero-order chi connectivity index (χ0) is 23.1. The Bertz CT molecular complexity index is 1020. The van der Waals surface area contributed by atoms with Crippen molar-refractivity contribution in [3.8, 4) is 5.75 Å². The highest BCUT2D eigenvalue weighted by Crippen LogP contribution is 2.35. The first-order valence-electron chi connectivity index (χ1n) is 9.95. The summed E-state index contributed by atoms with van der Waals surface area (Å²) in [6.45, 7) is 2.36. The number of unbranched alkanes of at least 4 members (excludes halogenated alkanes) is 1. The Morgan fingerprint density at radius 2 is 1.81 bits per heavy atom. The van der Waals surface area contributed by atoms with Crippen LogP contribution in [0.4, 0.5) is 4.79 Å². The smallest absolute Gasteiger partial charge is 0.326 e. The SMILES string of the molecule is CCCCOC(=O)CN1C(=O)S/C(=C/c2cc(I)c(OCc3ccccc3)c(I)c2)C1=O. The Hall–Kier alpha value is -1.60. The molecular weight excluding hydrogens is 656 g/mol. The van der Waals surface area contributed by atoms with E-state index in [0.717, 1.165) is 53.5 Å². The van der Waals surface area contributed by atoms with Crippen molar-refractivity contribution in [3.63, 3.8) is 0 Å². The van der Waals surface area contributed by atoms with E-state index in [2.05, 4.69) is 45.2 Å². The molecule has 0 aliphatic carbocycles. The predicted octanol–water partition coefficient (Wildman–Crippen LogP) is 5.85. The van der Waals surface area contributed by atoms with E-state index in [1.807, 2.05) is 49.4 Å². The lowest BCUT2D eigenvalue weighted by Crippen LogP contribution is -2.34. The molecule has 1 aliphatic heterocycles. The van der Waals surface area contributed by atoms with Gasteiger partial charge in [0.25, 0.3) is 11.1 Å². The van der Waals surface area contributed by atoms with Crippen LogP contribution in [0.1, 0.15) is 30.9 Å². The van der Waals surface area contributed by atoms with Gasteiger partial charge in [-0.25, -0.2) is 0 Å². The molecule has 0 aromatic heterocycles. The van der Waals surface area contributed by atoms with E-state index in [1.54, 1.807) is 6.08 Å². The molecule has 0 saturated carbocycles. The number of imide groups is 1. The number of hydrogen-bond donors (Lipinski definition) is 0. The van der Waals surface area contributed by atoms with E-state index < -0.39 is 17.1 Å². The second kappa shape index (κ2) is 12.0. The zero-order valence-electron chi connectivity index (χ0n) is 17.3. The number of rotatable bonds is 9. The van der Waals surface area contributed by atoms with Crippen molar-refractivity contribution in [2.75, 3.05) is 13.2 Å². The van der Waals surface area contributed by atoms with Gasteiger partial charge in [-0.05, 0) is 92.7 Å². The third kappa shape index (κ3) is 6.70. The molecule has 1 fully saturated rings. The topological polar surface area (TPSA) is 72.9 Å². The minimum Gasteiger partial charge on any atom is -0.487 e. The van der Waals surface area contributed by atoms with E-state index in [9.17, 15) is 14.4 Å². The summed E-state index contributed by atoms with van der Waals surface area (Å²) in [4.78, 5) is 38.0. The Labute approximate surface area is 218 Å². The fraction of sp³-hybridized carbons (Fsp3) is 0.261. The number of carbonyl (C=O) groups is 3. The maximum atomic E-state index is 12.7. The van der Waals surface area contributed by atoms with E-state index in [4.69, 9.17) is 9.47 Å². The Balaban J connectivity index is 1.69. The number of hydrogen-bond acceptors (Lipinski definition) is 6. The van der Waals surface area contributed by atoms with Gasteiger partial charge in [0.15, 0.2) is 0 Å². The molecule has 0 radical (unpaired) electrons. The molecule has 32 heavy (non-hydrogen) atoms. The minimum absolute atomic E-state index is 0.279. The van der Waals surface area contributed by atoms with Gasteiger partial charge in [0.1, 0.15) is 18.9 Å². The van der Waals surface area contributed by atoms with Gasteiger partial charge in [0.05, 0.1) is 18.7 Å². The number of thioether (sulfide) groups is 1. The molecule has 0 N–H and O–H groups in total. The van der Waals surface area contributed by atoms with Crippen molar-refractivity contribution < 1.29 is 23.9 Å². The lowest BCUT2D eigenvalue weighted by molar-refractivity contribution is -0.146. The summed E-state index contributed by atoms with van der Waals surface area (Å²) < 4.78 is 12.9. The Kier molecular flexibility index (Phi) is 9.41. The lowest BCUT2D eigenvalue weighted by Gasteiger charge is -2.12. The molecule has 1 heterocycles. The van der Waals surface area contributed by atoms with Crippen LogP contribution in [0.5, 0.6) is 5.75 Å². The quantitative estimate of drug-likeness (QED) is 0.144. The number of esters is 1. The predicted molar refractivity (Wildman–Crippen MR) is 141 cm³/mol. The Morgan fingerprint density at radius 3 is 2.47 bits per heavy atom. The molecule has 0 unspecified atom stereocenters. The molecule has 2 amide bonds. The van der Waals surface area contributed by atoms with Gasteiger partial charge in [-0.1, -0.05) is 43.7 Å². The summed E-state index contributed by atoms with van der Waals surface area (Å²) in [7, 11) is 0. The highest BCUT2D eigenvalue weighted by Gasteiger charge is 2.36. The zero-order valence-corrected chi connectivity index (χ0v) is 22.4. The summed E-state index contributed by atoms with van der Waals surface area (Å²) in [5.74, 6) is -0.289. The normalized spacial score (nSPS) is 14.8. The third-order valence-electron chi connectivity index (χ3n) is 4.47. The van der Waals surface area contributed by atoms with Crippen molar-refractivity contribution >= 4 is 80.1 Å². The number of benzene rings is 2. The number of amides is 2. The van der Waals surface area contributed by atoms with Crippen LogP contribution in [-0.4, -0.2) is 35.2 Å². The molecule has 0 atom stereocenters. The van der Waals surface area contributed by atoms with Crippen LogP contribution in [-0.2, 0) is 20.9 Å². The first-order valence-corrected chi connectivity index (χ1v) is 12.9. The van der Waals surface area contributed by atoms with Gasteiger partial charge >= 0.3 is 5.97 Å². The maximum absolute atomic E-state index is 12.7. The summed E-state index contributed by atoms with van der Waals surface area (Å²) >= 11 is 5.22. The Morgan fingerprint density at radius 1 is 1.12 bits per heavy atom. The highest BCUT2D eigenvalue weighted by atomic mass is 127. The van der Waals surface area contributed by atoms with Crippen LogP contribution >= 0.6 is 56.9 Å². The highest BCUT2D eigenvalue weighted by molar-refractivity contribution is 14.1. The lowest BCUT2D eigenvalue weighted by atomic mass is 10.2. The fourth-order valence-corrected chi connectivity index (χ4v) is 5.79. The molecule has 6 nitrogen and oxygen atoms in total. The summed E-state index contributed by atoms with van der Waals surface area (Å²) in [5.41, 5.74) is 1.85. The molecule has 9 heteroatoms. The number of carbonyl (C=O) groups excluding carboxylic acids is 3. The molecule has 1 saturated heterocycles. The monoisotopic (exact) mass is 677 g/mol. The first-order chi connectivity index (χ1) is 15.4. The second-order valence-electron chi connectivity index (χ2n) is 6.93. The first kappa shape index (κ1) is 25.0. The summed E-state index contributed by atoms with van der Waals surface area (Å²) in [5, 5.41) is -0.471. The minimum atomic E-state index is -0.578. The van der Waals surface area contributed by atoms with E-state index in [1.165, 1.54) is 0 Å². The standard InChI is InChI=1S/C23H21I2NO5S/c1-2-3-9-30-20(27)13-26-22(28)19(32-23(26)29)12-16-10-17(24)21(18(25)11-16)31-14-15-7-5-4-6-8-15/h4-8,10-12H,2-3,9,13-14H2,1H3/b19-12+. The average molecular weight is 677 g/mol. The second-order valence-corrected chi connectivity index (χ2v) is 10.2. The van der Waals surface area contributed by atoms with Crippen LogP contribution in [0.25, 0.3) is 6.08 Å². The number of halogens is 2. The van der Waals surface area contributed by atoms with Crippen molar-refractivity contribution in [2.24, 2.45) is 0 Å². The largest absolute Gasteiger partial charge is 0.487 e. The van der Waals surface area contributed by atoms with Crippen LogP contribution in [0.3, 0.4) is 0 Å². The van der Waals surface area contributed by atoms with Crippen LogP contribution < -0.4 is 4.74 Å². The van der Waals surface area contributed by atoms with Crippen molar-refractivity contribution in [1.82, 2.24) is 4.90 Å². The van der Waals surface area contributed by atoms with E-state index in [0.29, 0.717) is 6.61 Å². The van der Waals surface area contributed by atoms with Crippen LogP contribution in [0, 0.1) is 7.14 Å². The van der Waals surface area contributed by atoms with Gasteiger partial charge in [-0.15, -0.1) is 0 Å². The molecule has 0 spiro atoms. The van der Waals surface area contributed by atoms with E-state index in [-0.39, 0.29) is 18.1 Å².